The van der Waals surface area contributed by atoms with Crippen LogP contribution in [0.3, 0.4) is 0 Å². The molecule has 8 nitrogen and oxygen atoms in total. The second kappa shape index (κ2) is 7.28. The molecule has 21 heavy (non-hydrogen) atoms. The molecule has 1 rings (SSSR count). The van der Waals surface area contributed by atoms with Crippen molar-refractivity contribution in [1.82, 2.24) is 0 Å². The molecule has 1 fully saturated rings. The third-order valence-corrected chi connectivity index (χ3v) is 3.06. The maximum Gasteiger partial charge on any atom is 0.374 e. The van der Waals surface area contributed by atoms with Crippen LogP contribution in [0.4, 0.5) is 0 Å². The molecule has 1 aliphatic rings. The van der Waals surface area contributed by atoms with Crippen molar-refractivity contribution in [2.75, 3.05) is 13.2 Å². The normalized spacial score (nSPS) is 27.1. The van der Waals surface area contributed by atoms with Gasteiger partial charge in [-0.3, -0.25) is 4.79 Å². The van der Waals surface area contributed by atoms with E-state index in [9.17, 15) is 19.8 Å². The summed E-state index contributed by atoms with van der Waals surface area (Å²) < 4.78 is 15.5. The highest BCUT2D eigenvalue weighted by Crippen LogP contribution is 2.32. The van der Waals surface area contributed by atoms with Crippen molar-refractivity contribution in [2.45, 2.75) is 57.4 Å². The fourth-order valence-electron chi connectivity index (χ4n) is 2.15. The molecule has 0 radical (unpaired) electrons. The predicted molar refractivity (Wildman–Crippen MR) is 71.2 cm³/mol. The Bertz CT molecular complexity index is 385. The number of carbonyl (C=O) groups is 2. The van der Waals surface area contributed by atoms with Gasteiger partial charge in [-0.05, 0) is 20.8 Å². The molecule has 0 aromatic rings. The zero-order valence-corrected chi connectivity index (χ0v) is 12.4. The van der Waals surface area contributed by atoms with Crippen molar-refractivity contribution >= 4 is 11.8 Å². The molecule has 3 unspecified atom stereocenters. The smallest absolute Gasteiger partial charge is 0.374 e. The predicted octanol–water partition coefficient (Wildman–Crippen LogP) is -1.29. The van der Waals surface area contributed by atoms with Gasteiger partial charge in [0.1, 0.15) is 12.2 Å². The number of Topliss-reactive ketones (excluding diaryl/α,β-unsaturated/α-hetero) is 1. The fourth-order valence-corrected chi connectivity index (χ4v) is 2.15. The second-order valence-electron chi connectivity index (χ2n) is 5.28. The Labute approximate surface area is 123 Å². The number of esters is 1. The highest BCUT2D eigenvalue weighted by Gasteiger charge is 2.48. The van der Waals surface area contributed by atoms with Gasteiger partial charge in [0, 0.05) is 13.0 Å². The van der Waals surface area contributed by atoms with Crippen LogP contribution >= 0.6 is 0 Å². The van der Waals surface area contributed by atoms with Crippen LogP contribution in [-0.4, -0.2) is 65.3 Å². The number of ketones is 1. The summed E-state index contributed by atoms with van der Waals surface area (Å²) in [6.07, 6.45) is -4.68. The summed E-state index contributed by atoms with van der Waals surface area (Å²) in [5.41, 5.74) is 5.38. The van der Waals surface area contributed by atoms with Crippen LogP contribution in [0.25, 0.3) is 0 Å². The van der Waals surface area contributed by atoms with Gasteiger partial charge in [-0.2, -0.15) is 0 Å². The number of aliphatic hydroxyl groups is 2. The number of hydrogen-bond acceptors (Lipinski definition) is 8. The molecule has 0 aromatic heterocycles. The average molecular weight is 305 g/mol. The van der Waals surface area contributed by atoms with E-state index in [0.717, 1.165) is 0 Å². The van der Waals surface area contributed by atoms with Crippen molar-refractivity contribution < 1.29 is 34.0 Å². The van der Waals surface area contributed by atoms with Gasteiger partial charge < -0.3 is 30.2 Å². The van der Waals surface area contributed by atoms with Gasteiger partial charge in [-0.25, -0.2) is 4.79 Å². The molecule has 0 spiro atoms. The van der Waals surface area contributed by atoms with Crippen LogP contribution in [0.15, 0.2) is 0 Å². The van der Waals surface area contributed by atoms with Crippen molar-refractivity contribution in [3.8, 4) is 0 Å². The van der Waals surface area contributed by atoms with E-state index in [1.54, 1.807) is 20.8 Å². The van der Waals surface area contributed by atoms with Gasteiger partial charge in [0.25, 0.3) is 0 Å². The quantitative estimate of drug-likeness (QED) is 0.391. The summed E-state index contributed by atoms with van der Waals surface area (Å²) >= 11 is 0. The van der Waals surface area contributed by atoms with Crippen LogP contribution in [0.5, 0.6) is 0 Å². The zero-order chi connectivity index (χ0) is 16.2. The van der Waals surface area contributed by atoms with E-state index in [1.807, 2.05) is 0 Å². The molecular formula is C13H23NO7. The lowest BCUT2D eigenvalue weighted by Crippen LogP contribution is -2.46. The molecule has 0 aliphatic carbocycles. The number of ether oxygens (including phenoxy) is 3. The number of aliphatic hydroxyl groups excluding tert-OH is 2. The first-order chi connectivity index (χ1) is 9.71. The highest BCUT2D eigenvalue weighted by molar-refractivity contribution is 6.33. The lowest BCUT2D eigenvalue weighted by atomic mass is 9.99. The first kappa shape index (κ1) is 18.0. The van der Waals surface area contributed by atoms with Gasteiger partial charge in [-0.15, -0.1) is 0 Å². The van der Waals surface area contributed by atoms with E-state index < -0.39 is 48.4 Å². The summed E-state index contributed by atoms with van der Waals surface area (Å²) in [5, 5.41) is 19.9. The number of carbonyl (C=O) groups excluding carboxylic acids is 2. The Balaban J connectivity index is 2.72. The molecule has 0 amide bonds. The van der Waals surface area contributed by atoms with Crippen LogP contribution in [0.2, 0.25) is 0 Å². The van der Waals surface area contributed by atoms with Gasteiger partial charge in [0.15, 0.2) is 5.79 Å². The number of hydrogen-bond donors (Lipinski definition) is 3. The van der Waals surface area contributed by atoms with E-state index >= 15 is 0 Å². The Morgan fingerprint density at radius 3 is 2.24 bits per heavy atom. The zero-order valence-electron chi connectivity index (χ0n) is 12.4. The van der Waals surface area contributed by atoms with Gasteiger partial charge >= 0.3 is 5.97 Å². The third kappa shape index (κ3) is 4.72. The summed E-state index contributed by atoms with van der Waals surface area (Å²) in [5.74, 6) is -2.90. The van der Waals surface area contributed by atoms with E-state index in [4.69, 9.17) is 15.2 Å². The van der Waals surface area contributed by atoms with Gasteiger partial charge in [0.2, 0.25) is 5.78 Å². The minimum atomic E-state index is -1.31. The summed E-state index contributed by atoms with van der Waals surface area (Å²) in [6, 6.07) is 0. The monoisotopic (exact) mass is 305 g/mol. The summed E-state index contributed by atoms with van der Waals surface area (Å²) in [4.78, 5) is 22.9. The number of nitrogens with two attached hydrogens (primary N) is 1. The van der Waals surface area contributed by atoms with Crippen molar-refractivity contribution in [1.29, 1.82) is 0 Å². The maximum atomic E-state index is 11.6. The van der Waals surface area contributed by atoms with Crippen LogP contribution in [0, 0.1) is 0 Å². The maximum absolute atomic E-state index is 11.6. The van der Waals surface area contributed by atoms with Gasteiger partial charge in [-0.1, -0.05) is 0 Å². The first-order valence-corrected chi connectivity index (χ1v) is 6.83. The average Bonchev–Trinajstić information content (AvgIpc) is 2.74. The largest absolute Gasteiger partial charge is 0.460 e. The second-order valence-corrected chi connectivity index (χ2v) is 5.28. The summed E-state index contributed by atoms with van der Waals surface area (Å²) in [7, 11) is 0. The molecule has 122 valence electrons. The molecule has 1 heterocycles. The first-order valence-electron chi connectivity index (χ1n) is 6.83. The van der Waals surface area contributed by atoms with Crippen molar-refractivity contribution in [3.63, 3.8) is 0 Å². The SMILES string of the molecule is CCOC(=O)C(=O)CC(O)C1OC(C)(C)OC1[C@H](O)CN. The third-order valence-electron chi connectivity index (χ3n) is 3.06. The van der Waals surface area contributed by atoms with Crippen LogP contribution in [-0.2, 0) is 23.8 Å². The molecule has 8 heteroatoms. The Hall–Kier alpha value is -1.06. The Morgan fingerprint density at radius 2 is 1.76 bits per heavy atom. The molecule has 0 aromatic carbocycles. The molecule has 0 bridgehead atoms. The van der Waals surface area contributed by atoms with Crippen molar-refractivity contribution in [2.24, 2.45) is 5.73 Å². The molecule has 1 aliphatic heterocycles. The summed E-state index contributed by atoms with van der Waals surface area (Å²) in [6.45, 7) is 4.79. The molecule has 0 saturated carbocycles. The lowest BCUT2D eigenvalue weighted by molar-refractivity contribution is -0.163. The van der Waals surface area contributed by atoms with Crippen LogP contribution < -0.4 is 5.73 Å². The van der Waals surface area contributed by atoms with E-state index in [-0.39, 0.29) is 13.2 Å². The fraction of sp³-hybridized carbons (Fsp3) is 0.846. The lowest BCUT2D eigenvalue weighted by Gasteiger charge is -2.24. The highest BCUT2D eigenvalue weighted by atomic mass is 16.8. The van der Waals surface area contributed by atoms with E-state index in [2.05, 4.69) is 4.74 Å². The van der Waals surface area contributed by atoms with Crippen molar-refractivity contribution in [3.05, 3.63) is 0 Å². The Morgan fingerprint density at radius 1 is 1.24 bits per heavy atom. The van der Waals surface area contributed by atoms with Gasteiger partial charge in [0.05, 0.1) is 18.8 Å². The molecule has 1 saturated heterocycles. The topological polar surface area (TPSA) is 128 Å². The van der Waals surface area contributed by atoms with E-state index in [1.165, 1.54) is 0 Å². The Kier molecular flexibility index (Phi) is 6.24. The molecular weight excluding hydrogens is 282 g/mol. The minimum absolute atomic E-state index is 0.0747. The van der Waals surface area contributed by atoms with Crippen LogP contribution in [0.1, 0.15) is 27.2 Å². The standard InChI is InChI=1S/C13H23NO7/c1-4-19-12(18)8(16)5-7(15)10-11(9(17)6-14)21-13(2,3)20-10/h7,9-11,15,17H,4-6,14H2,1-3H3/t7?,9-,10?,11?/m1/s1. The molecule has 4 N–H and O–H groups in total. The van der Waals surface area contributed by atoms with E-state index in [0.29, 0.717) is 0 Å². The number of rotatable bonds is 7. The minimum Gasteiger partial charge on any atom is -0.460 e. The molecule has 4 atom stereocenters.